The molecular formula is C9H14N4OS. The van der Waals surface area contributed by atoms with Crippen molar-refractivity contribution >= 4 is 15.5 Å². The van der Waals surface area contributed by atoms with Crippen LogP contribution in [0.15, 0.2) is 17.2 Å². The second-order valence-corrected chi connectivity index (χ2v) is 6.09. The summed E-state index contributed by atoms with van der Waals surface area (Å²) in [6.45, 7) is 1.83. The fourth-order valence-corrected chi connectivity index (χ4v) is 3.42. The molecule has 1 saturated carbocycles. The molecule has 0 saturated heterocycles. The van der Waals surface area contributed by atoms with E-state index in [2.05, 4.69) is 10.4 Å². The van der Waals surface area contributed by atoms with Crippen molar-refractivity contribution in [3.63, 3.8) is 0 Å². The van der Waals surface area contributed by atoms with E-state index in [1.54, 1.807) is 6.07 Å². The van der Waals surface area contributed by atoms with Gasteiger partial charge in [-0.2, -0.15) is 0 Å². The lowest BCUT2D eigenvalue weighted by Gasteiger charge is -2.10. The smallest absolute Gasteiger partial charge is 0.140 e. The van der Waals surface area contributed by atoms with E-state index < -0.39 is 9.73 Å². The number of nitrogen functional groups attached to an aromatic ring is 1. The Hall–Kier alpha value is -1.14. The van der Waals surface area contributed by atoms with Gasteiger partial charge >= 0.3 is 0 Å². The van der Waals surface area contributed by atoms with Crippen molar-refractivity contribution in [3.05, 3.63) is 17.8 Å². The van der Waals surface area contributed by atoms with Crippen LogP contribution in [0, 0.1) is 11.7 Å². The Labute approximate surface area is 89.0 Å². The first kappa shape index (κ1) is 10.4. The van der Waals surface area contributed by atoms with Gasteiger partial charge in [0, 0.05) is 11.4 Å². The molecule has 4 N–H and O–H groups in total. The van der Waals surface area contributed by atoms with Crippen molar-refractivity contribution in [2.75, 3.05) is 5.43 Å². The number of aromatic nitrogens is 1. The highest BCUT2D eigenvalue weighted by Crippen LogP contribution is 2.35. The highest BCUT2D eigenvalue weighted by atomic mass is 32.2. The SMILES string of the molecule is Cc1cc(NN)ncc1[S@](=N)(=O)C1CC1. The van der Waals surface area contributed by atoms with Crippen molar-refractivity contribution in [2.45, 2.75) is 29.9 Å². The highest BCUT2D eigenvalue weighted by molar-refractivity contribution is 7.93. The van der Waals surface area contributed by atoms with E-state index in [4.69, 9.17) is 10.6 Å². The summed E-state index contributed by atoms with van der Waals surface area (Å²) in [4.78, 5) is 4.54. The Morgan fingerprint density at radius 2 is 2.33 bits per heavy atom. The Morgan fingerprint density at radius 1 is 1.67 bits per heavy atom. The van der Waals surface area contributed by atoms with Crippen LogP contribution in [0.5, 0.6) is 0 Å². The molecule has 5 nitrogen and oxygen atoms in total. The van der Waals surface area contributed by atoms with Crippen molar-refractivity contribution in [1.29, 1.82) is 4.78 Å². The number of nitrogens with one attached hydrogen (secondary N) is 2. The van der Waals surface area contributed by atoms with Crippen LogP contribution < -0.4 is 11.3 Å². The molecule has 0 bridgehead atoms. The van der Waals surface area contributed by atoms with Crippen LogP contribution in [-0.4, -0.2) is 14.4 Å². The first-order valence-corrected chi connectivity index (χ1v) is 6.38. The Balaban J connectivity index is 2.45. The zero-order valence-corrected chi connectivity index (χ0v) is 9.30. The van der Waals surface area contributed by atoms with Gasteiger partial charge in [0.05, 0.1) is 14.6 Å². The lowest BCUT2D eigenvalue weighted by molar-refractivity contribution is 0.673. The number of aryl methyl sites for hydroxylation is 1. The number of hydrazine groups is 1. The third kappa shape index (κ3) is 1.82. The zero-order chi connectivity index (χ0) is 11.1. The summed E-state index contributed by atoms with van der Waals surface area (Å²) < 4.78 is 20.0. The summed E-state index contributed by atoms with van der Waals surface area (Å²) in [7, 11) is -2.65. The van der Waals surface area contributed by atoms with Crippen molar-refractivity contribution in [2.24, 2.45) is 5.84 Å². The van der Waals surface area contributed by atoms with Crippen LogP contribution >= 0.6 is 0 Å². The molecule has 15 heavy (non-hydrogen) atoms. The predicted molar refractivity (Wildman–Crippen MR) is 58.9 cm³/mol. The topological polar surface area (TPSA) is 91.9 Å². The van der Waals surface area contributed by atoms with E-state index in [-0.39, 0.29) is 5.25 Å². The maximum Gasteiger partial charge on any atom is 0.140 e. The maximum absolute atomic E-state index is 12.1. The van der Waals surface area contributed by atoms with Crippen LogP contribution in [0.3, 0.4) is 0 Å². The van der Waals surface area contributed by atoms with Gasteiger partial charge in [-0.05, 0) is 31.4 Å². The highest BCUT2D eigenvalue weighted by Gasteiger charge is 2.34. The number of hydrogen-bond acceptors (Lipinski definition) is 5. The zero-order valence-electron chi connectivity index (χ0n) is 8.49. The van der Waals surface area contributed by atoms with E-state index in [9.17, 15) is 4.21 Å². The number of pyridine rings is 1. The van der Waals surface area contributed by atoms with Crippen LogP contribution in [0.25, 0.3) is 0 Å². The summed E-state index contributed by atoms with van der Waals surface area (Å²) in [6, 6.07) is 1.71. The number of rotatable bonds is 3. The Morgan fingerprint density at radius 3 is 2.80 bits per heavy atom. The average molecular weight is 226 g/mol. The molecule has 1 heterocycles. The molecule has 0 aromatic carbocycles. The molecule has 1 aromatic heterocycles. The molecule has 6 heteroatoms. The van der Waals surface area contributed by atoms with Crippen molar-refractivity contribution in [3.8, 4) is 0 Å². The summed E-state index contributed by atoms with van der Waals surface area (Å²) in [6.07, 6.45) is 3.27. The lowest BCUT2D eigenvalue weighted by Crippen LogP contribution is -2.11. The minimum absolute atomic E-state index is 0.0229. The van der Waals surface area contributed by atoms with Gasteiger partial charge in [0.1, 0.15) is 5.82 Å². The number of hydrogen-bond donors (Lipinski definition) is 3. The van der Waals surface area contributed by atoms with Crippen LogP contribution in [-0.2, 0) is 9.73 Å². The van der Waals surface area contributed by atoms with Gasteiger partial charge in [-0.15, -0.1) is 0 Å². The third-order valence-electron chi connectivity index (χ3n) is 2.53. The molecule has 0 amide bonds. The van der Waals surface area contributed by atoms with E-state index >= 15 is 0 Å². The molecule has 1 fully saturated rings. The Kier molecular flexibility index (Phi) is 2.40. The first-order chi connectivity index (χ1) is 7.05. The number of nitrogens with two attached hydrogens (primary N) is 1. The monoisotopic (exact) mass is 226 g/mol. The van der Waals surface area contributed by atoms with Gasteiger partial charge in [-0.25, -0.2) is 19.8 Å². The quantitative estimate of drug-likeness (QED) is 0.534. The van der Waals surface area contributed by atoms with Crippen LogP contribution in [0.4, 0.5) is 5.82 Å². The van der Waals surface area contributed by atoms with Crippen molar-refractivity contribution in [1.82, 2.24) is 4.98 Å². The minimum Gasteiger partial charge on any atom is -0.308 e. The molecule has 2 rings (SSSR count). The summed E-state index contributed by atoms with van der Waals surface area (Å²) in [5, 5.41) is 0.0229. The standard InChI is InChI=1S/C9H14N4OS/c1-6-4-9(13-10)12-5-8(6)15(11,14)7-2-3-7/h4-5,7,11H,2-3,10H2,1H3,(H,12,13)/t15-/m1/s1. The molecule has 1 aliphatic carbocycles. The normalized spacial score (nSPS) is 19.6. The van der Waals surface area contributed by atoms with E-state index in [0.29, 0.717) is 10.7 Å². The summed E-state index contributed by atoms with van der Waals surface area (Å²) in [5.41, 5.74) is 3.24. The van der Waals surface area contributed by atoms with E-state index in [1.165, 1.54) is 6.20 Å². The van der Waals surface area contributed by atoms with Crippen LogP contribution in [0.1, 0.15) is 18.4 Å². The fraction of sp³-hybridized carbons (Fsp3) is 0.444. The molecule has 0 aliphatic heterocycles. The molecule has 0 spiro atoms. The number of nitrogens with zero attached hydrogens (tertiary/aromatic N) is 1. The molecule has 0 radical (unpaired) electrons. The van der Waals surface area contributed by atoms with Gasteiger partial charge < -0.3 is 5.43 Å². The number of anilines is 1. The maximum atomic E-state index is 12.1. The second kappa shape index (κ2) is 3.46. The molecule has 0 unspecified atom stereocenters. The van der Waals surface area contributed by atoms with Crippen LogP contribution in [0.2, 0.25) is 0 Å². The average Bonchev–Trinajstić information content (AvgIpc) is 3.00. The van der Waals surface area contributed by atoms with Gasteiger partial charge in [0.2, 0.25) is 0 Å². The first-order valence-electron chi connectivity index (χ1n) is 4.76. The predicted octanol–water partition coefficient (Wildman–Crippen LogP) is 1.24. The second-order valence-electron chi connectivity index (χ2n) is 3.78. The van der Waals surface area contributed by atoms with Gasteiger partial charge in [0.25, 0.3) is 0 Å². The molecule has 1 aromatic rings. The minimum atomic E-state index is -2.65. The fourth-order valence-electron chi connectivity index (χ4n) is 1.52. The lowest BCUT2D eigenvalue weighted by atomic mass is 10.3. The molecular weight excluding hydrogens is 212 g/mol. The molecule has 82 valence electrons. The van der Waals surface area contributed by atoms with Gasteiger partial charge in [-0.1, -0.05) is 0 Å². The third-order valence-corrected chi connectivity index (χ3v) is 5.02. The van der Waals surface area contributed by atoms with E-state index in [0.717, 1.165) is 18.4 Å². The van der Waals surface area contributed by atoms with Gasteiger partial charge in [-0.3, -0.25) is 0 Å². The van der Waals surface area contributed by atoms with Crippen molar-refractivity contribution < 1.29 is 4.21 Å². The molecule has 1 aliphatic rings. The summed E-state index contributed by atoms with van der Waals surface area (Å²) in [5.74, 6) is 5.75. The largest absolute Gasteiger partial charge is 0.308 e. The van der Waals surface area contributed by atoms with E-state index in [1.807, 2.05) is 6.92 Å². The summed E-state index contributed by atoms with van der Waals surface area (Å²) >= 11 is 0. The Bertz CT molecular complexity index is 479. The molecule has 1 atom stereocenters. The van der Waals surface area contributed by atoms with Gasteiger partial charge in [0.15, 0.2) is 0 Å².